The zero-order chi connectivity index (χ0) is 30.0. The van der Waals surface area contributed by atoms with E-state index >= 15 is 0 Å². The van der Waals surface area contributed by atoms with Gasteiger partial charge in [0.25, 0.3) is 0 Å². The second-order valence-corrected chi connectivity index (χ2v) is 10.1. The van der Waals surface area contributed by atoms with E-state index in [1.807, 2.05) is 67.6 Å². The molecule has 0 radical (unpaired) electrons. The predicted octanol–water partition coefficient (Wildman–Crippen LogP) is 3.78. The van der Waals surface area contributed by atoms with E-state index in [1.54, 1.807) is 6.92 Å². The molecule has 0 heterocycles. The van der Waals surface area contributed by atoms with Crippen molar-refractivity contribution in [2.45, 2.75) is 76.8 Å². The van der Waals surface area contributed by atoms with Gasteiger partial charge >= 0.3 is 11.9 Å². The average Bonchev–Trinajstić information content (AvgIpc) is 2.90. The van der Waals surface area contributed by atoms with Gasteiger partial charge in [-0.25, -0.2) is 0 Å². The van der Waals surface area contributed by atoms with E-state index in [-0.39, 0.29) is 12.1 Å². The number of carboxylic acids is 1. The Labute approximate surface area is 228 Å². The van der Waals surface area contributed by atoms with Gasteiger partial charge in [-0.05, 0) is 25.0 Å². The fourth-order valence-corrected chi connectivity index (χ4v) is 3.64. The summed E-state index contributed by atoms with van der Waals surface area (Å²) in [6.45, 7) is 9.04. The second-order valence-electron chi connectivity index (χ2n) is 10.1. The third-order valence-corrected chi connectivity index (χ3v) is 6.47. The number of rotatable bonds is 12. The zero-order valence-electron chi connectivity index (χ0n) is 23.3. The summed E-state index contributed by atoms with van der Waals surface area (Å²) in [5.74, 6) is -1.88. The van der Waals surface area contributed by atoms with Crippen LogP contribution in [0.15, 0.2) is 60.7 Å². The number of methoxy groups -OCH3 is 1. The molecular formula is C27H38N4O8. The van der Waals surface area contributed by atoms with Crippen molar-refractivity contribution in [2.24, 2.45) is 0 Å². The Morgan fingerprint density at radius 1 is 0.769 bits per heavy atom. The number of aliphatic carboxylic acids is 1. The SMILES string of the molecule is COC(=O)[C@H](N[C@H](C)c1ccccc1)C(C)(C)[N+](=O)[O-].C[C@@H](N[C@@H](C(=O)O)C(C)(C)[N+](=O)[O-])c1ccccc1. The Hall–Kier alpha value is -3.90. The van der Waals surface area contributed by atoms with Crippen LogP contribution in [0, 0.1) is 20.2 Å². The van der Waals surface area contributed by atoms with E-state index in [0.717, 1.165) is 11.1 Å². The van der Waals surface area contributed by atoms with E-state index in [0.29, 0.717) is 0 Å². The lowest BCUT2D eigenvalue weighted by Gasteiger charge is -2.28. The highest BCUT2D eigenvalue weighted by molar-refractivity contribution is 5.77. The van der Waals surface area contributed by atoms with Crippen LogP contribution in [0.2, 0.25) is 0 Å². The van der Waals surface area contributed by atoms with Crippen LogP contribution in [-0.2, 0) is 14.3 Å². The van der Waals surface area contributed by atoms with Gasteiger partial charge in [-0.15, -0.1) is 0 Å². The number of hydrogen-bond acceptors (Lipinski definition) is 9. The van der Waals surface area contributed by atoms with Crippen molar-refractivity contribution in [3.05, 3.63) is 92.0 Å². The lowest BCUT2D eigenvalue weighted by Crippen LogP contribution is -2.57. The van der Waals surface area contributed by atoms with Gasteiger partial charge in [-0.3, -0.25) is 40.5 Å². The highest BCUT2D eigenvalue weighted by Gasteiger charge is 2.47. The summed E-state index contributed by atoms with van der Waals surface area (Å²) in [6.07, 6.45) is 0. The molecule has 214 valence electrons. The molecule has 0 saturated carbocycles. The normalized spacial score (nSPS) is 14.5. The molecule has 0 aliphatic rings. The van der Waals surface area contributed by atoms with Crippen LogP contribution in [-0.4, -0.2) is 57.2 Å². The molecule has 0 aromatic heterocycles. The monoisotopic (exact) mass is 546 g/mol. The Balaban J connectivity index is 0.000000391. The molecule has 2 aromatic carbocycles. The van der Waals surface area contributed by atoms with Gasteiger partial charge in [0.2, 0.25) is 11.1 Å². The maximum atomic E-state index is 11.8. The summed E-state index contributed by atoms with van der Waals surface area (Å²) in [6, 6.07) is 15.8. The Kier molecular flexibility index (Phi) is 12.2. The molecule has 2 rings (SSSR count). The van der Waals surface area contributed by atoms with Gasteiger partial charge in [0.05, 0.1) is 7.11 Å². The Bertz CT molecular complexity index is 1110. The average molecular weight is 547 g/mol. The summed E-state index contributed by atoms with van der Waals surface area (Å²) >= 11 is 0. The fourth-order valence-electron chi connectivity index (χ4n) is 3.64. The van der Waals surface area contributed by atoms with E-state index in [9.17, 15) is 34.9 Å². The van der Waals surface area contributed by atoms with E-state index in [2.05, 4.69) is 15.4 Å². The van der Waals surface area contributed by atoms with Crippen molar-refractivity contribution in [2.75, 3.05) is 7.11 Å². The maximum Gasteiger partial charge on any atom is 0.330 e. The van der Waals surface area contributed by atoms with Crippen LogP contribution >= 0.6 is 0 Å². The number of ether oxygens (including phenoxy) is 1. The molecular weight excluding hydrogens is 508 g/mol. The summed E-state index contributed by atoms with van der Waals surface area (Å²) in [5.41, 5.74) is -1.22. The van der Waals surface area contributed by atoms with Gasteiger partial charge in [-0.1, -0.05) is 60.7 Å². The molecule has 0 saturated heterocycles. The number of carbonyl (C=O) groups excluding carboxylic acids is 1. The smallest absolute Gasteiger partial charge is 0.330 e. The minimum absolute atomic E-state index is 0.209. The lowest BCUT2D eigenvalue weighted by molar-refractivity contribution is -0.563. The molecule has 0 bridgehead atoms. The van der Waals surface area contributed by atoms with Crippen LogP contribution in [0.3, 0.4) is 0 Å². The van der Waals surface area contributed by atoms with Gasteiger partial charge in [0, 0.05) is 49.6 Å². The third-order valence-electron chi connectivity index (χ3n) is 6.47. The number of carbonyl (C=O) groups is 2. The molecule has 39 heavy (non-hydrogen) atoms. The number of benzene rings is 2. The zero-order valence-corrected chi connectivity index (χ0v) is 23.3. The van der Waals surface area contributed by atoms with Crippen LogP contribution in [0.25, 0.3) is 0 Å². The maximum absolute atomic E-state index is 11.8. The summed E-state index contributed by atoms with van der Waals surface area (Å²) in [4.78, 5) is 44.2. The van der Waals surface area contributed by atoms with Crippen molar-refractivity contribution in [1.82, 2.24) is 10.6 Å². The number of hydrogen-bond donors (Lipinski definition) is 3. The van der Waals surface area contributed by atoms with Gasteiger partial charge in [-0.2, -0.15) is 0 Å². The highest BCUT2D eigenvalue weighted by Crippen LogP contribution is 2.21. The number of nitrogens with one attached hydrogen (secondary N) is 2. The number of nitrogens with zero attached hydrogens (tertiary/aromatic N) is 2. The van der Waals surface area contributed by atoms with Crippen LogP contribution in [0.4, 0.5) is 0 Å². The first-order valence-corrected chi connectivity index (χ1v) is 12.3. The van der Waals surface area contributed by atoms with Crippen molar-refractivity contribution in [3.8, 4) is 0 Å². The minimum Gasteiger partial charge on any atom is -0.480 e. The van der Waals surface area contributed by atoms with E-state index in [1.165, 1.54) is 34.8 Å². The molecule has 4 atom stereocenters. The number of carboxylic acid groups (broad SMARTS) is 1. The van der Waals surface area contributed by atoms with Gasteiger partial charge in [0.1, 0.15) is 0 Å². The molecule has 0 spiro atoms. The summed E-state index contributed by atoms with van der Waals surface area (Å²) in [7, 11) is 1.22. The van der Waals surface area contributed by atoms with Crippen molar-refractivity contribution in [1.29, 1.82) is 0 Å². The molecule has 3 N–H and O–H groups in total. The first-order valence-electron chi connectivity index (χ1n) is 12.3. The summed E-state index contributed by atoms with van der Waals surface area (Å²) < 4.78 is 4.68. The largest absolute Gasteiger partial charge is 0.480 e. The van der Waals surface area contributed by atoms with Crippen molar-refractivity contribution < 1.29 is 29.3 Å². The summed E-state index contributed by atoms with van der Waals surface area (Å²) in [5, 5.41) is 37.1. The van der Waals surface area contributed by atoms with Crippen LogP contribution in [0.5, 0.6) is 0 Å². The third kappa shape index (κ3) is 9.11. The number of esters is 1. The molecule has 12 nitrogen and oxygen atoms in total. The topological polar surface area (TPSA) is 174 Å². The number of nitro groups is 2. The molecule has 12 heteroatoms. The molecule has 2 aromatic rings. The van der Waals surface area contributed by atoms with Gasteiger partial charge < -0.3 is 9.84 Å². The van der Waals surface area contributed by atoms with Crippen molar-refractivity contribution >= 4 is 11.9 Å². The quantitative estimate of drug-likeness (QED) is 0.202. The van der Waals surface area contributed by atoms with E-state index < -0.39 is 44.9 Å². The fraction of sp³-hybridized carbons (Fsp3) is 0.481. The first-order chi connectivity index (χ1) is 18.1. The predicted molar refractivity (Wildman–Crippen MR) is 145 cm³/mol. The molecule has 0 fully saturated rings. The molecule has 0 aliphatic heterocycles. The standard InChI is InChI=1S/C14H20N2O4.C13H18N2O4/c1-10(11-8-6-5-7-9-11)15-12(13(17)20-4)14(2,3)16(18)19;1-9(10-7-5-4-6-8-10)14-11(12(16)17)13(2,3)15(18)19/h5-10,12,15H,1-4H3;4-9,11,14H,1-3H3,(H,16,17)/t10-,12+;9-,11+/m11/s1. The van der Waals surface area contributed by atoms with Gasteiger partial charge in [0.15, 0.2) is 12.1 Å². The van der Waals surface area contributed by atoms with Crippen LogP contribution < -0.4 is 10.6 Å². The molecule has 0 amide bonds. The van der Waals surface area contributed by atoms with Crippen molar-refractivity contribution in [3.63, 3.8) is 0 Å². The second kappa shape index (κ2) is 14.3. The lowest BCUT2D eigenvalue weighted by atomic mass is 9.93. The minimum atomic E-state index is -1.59. The Morgan fingerprint density at radius 3 is 1.41 bits per heavy atom. The first kappa shape index (κ1) is 33.1. The molecule has 0 aliphatic carbocycles. The Morgan fingerprint density at radius 2 is 1.10 bits per heavy atom. The van der Waals surface area contributed by atoms with Crippen LogP contribution in [0.1, 0.15) is 64.8 Å². The molecule has 0 unspecified atom stereocenters. The highest BCUT2D eigenvalue weighted by atomic mass is 16.6. The van der Waals surface area contributed by atoms with E-state index in [4.69, 9.17) is 0 Å².